The van der Waals surface area contributed by atoms with Crippen molar-refractivity contribution in [2.24, 2.45) is 5.10 Å². The van der Waals surface area contributed by atoms with Gasteiger partial charge in [0.2, 0.25) is 4.77 Å². The summed E-state index contributed by atoms with van der Waals surface area (Å²) < 4.78 is 2.16. The first kappa shape index (κ1) is 13.4. The van der Waals surface area contributed by atoms with Crippen LogP contribution >= 0.6 is 12.2 Å². The lowest BCUT2D eigenvalue weighted by atomic mass is 10.2. The van der Waals surface area contributed by atoms with Gasteiger partial charge in [0.25, 0.3) is 0 Å². The van der Waals surface area contributed by atoms with Gasteiger partial charge in [-0.2, -0.15) is 14.9 Å². The van der Waals surface area contributed by atoms with E-state index in [0.29, 0.717) is 4.77 Å². The summed E-state index contributed by atoms with van der Waals surface area (Å²) in [7, 11) is 0. The van der Waals surface area contributed by atoms with E-state index in [0.717, 1.165) is 11.4 Å². The van der Waals surface area contributed by atoms with E-state index in [9.17, 15) is 0 Å². The quantitative estimate of drug-likeness (QED) is 0.682. The molecule has 0 saturated carbocycles. The third-order valence-corrected chi connectivity index (χ3v) is 2.81. The molecule has 0 bridgehead atoms. The van der Waals surface area contributed by atoms with Gasteiger partial charge in [-0.05, 0) is 23.9 Å². The molecule has 0 unspecified atom stereocenters. The predicted octanol–water partition coefficient (Wildman–Crippen LogP) is 3.61. The topological polar surface area (TPSA) is 46.0 Å². The van der Waals surface area contributed by atoms with Gasteiger partial charge in [0.1, 0.15) is 0 Å². The molecule has 1 heterocycles. The normalized spacial score (nSPS) is 11.9. The minimum absolute atomic E-state index is 0.267. The van der Waals surface area contributed by atoms with Crippen LogP contribution in [0.5, 0.6) is 0 Å². The van der Waals surface area contributed by atoms with E-state index in [1.165, 1.54) is 0 Å². The molecule has 4 nitrogen and oxygen atoms in total. The van der Waals surface area contributed by atoms with Crippen molar-refractivity contribution in [2.75, 3.05) is 0 Å². The number of aromatic nitrogens is 3. The highest BCUT2D eigenvalue weighted by Gasteiger charge is 2.08. The molecule has 0 saturated heterocycles. The van der Waals surface area contributed by atoms with Crippen molar-refractivity contribution < 1.29 is 0 Å². The van der Waals surface area contributed by atoms with Gasteiger partial charge >= 0.3 is 0 Å². The Labute approximate surface area is 117 Å². The molecule has 0 aliphatic carbocycles. The maximum atomic E-state index is 5.14. The molecule has 1 N–H and O–H groups in total. The molecule has 98 valence electrons. The molecule has 0 spiro atoms. The van der Waals surface area contributed by atoms with Crippen LogP contribution in [-0.4, -0.2) is 21.1 Å². The zero-order valence-corrected chi connectivity index (χ0v) is 11.8. The van der Waals surface area contributed by atoms with Crippen LogP contribution in [-0.2, 0) is 0 Å². The van der Waals surface area contributed by atoms with Crippen molar-refractivity contribution in [2.45, 2.75) is 19.8 Å². The number of rotatable bonds is 4. The standard InChI is InChI=1S/C14H16N4S/c1-11(2)13-16-17-14(19)18(13)15-10-6-9-12-7-4-3-5-8-12/h3-11H,1-2H3,(H,17,19). The number of aromatic amines is 1. The van der Waals surface area contributed by atoms with Gasteiger partial charge in [-0.1, -0.05) is 50.3 Å². The summed E-state index contributed by atoms with van der Waals surface area (Å²) in [5, 5.41) is 11.2. The average Bonchev–Trinajstić information content (AvgIpc) is 2.77. The fraction of sp³-hybridized carbons (Fsp3) is 0.214. The van der Waals surface area contributed by atoms with E-state index in [1.54, 1.807) is 10.9 Å². The summed E-state index contributed by atoms with van der Waals surface area (Å²) in [6, 6.07) is 10.1. The van der Waals surface area contributed by atoms with Crippen molar-refractivity contribution in [3.05, 3.63) is 52.6 Å². The van der Waals surface area contributed by atoms with Crippen LogP contribution in [0.4, 0.5) is 0 Å². The van der Waals surface area contributed by atoms with Gasteiger partial charge in [-0.25, -0.2) is 0 Å². The summed E-state index contributed by atoms with van der Waals surface area (Å²) in [5.74, 6) is 1.09. The largest absolute Gasteiger partial charge is 0.250 e. The van der Waals surface area contributed by atoms with Crippen LogP contribution in [0, 0.1) is 4.77 Å². The Kier molecular flexibility index (Phi) is 4.41. The molecule has 5 heteroatoms. The Morgan fingerprint density at radius 2 is 2.05 bits per heavy atom. The van der Waals surface area contributed by atoms with Crippen molar-refractivity contribution in [3.63, 3.8) is 0 Å². The molecule has 0 fully saturated rings. The van der Waals surface area contributed by atoms with Crippen molar-refractivity contribution in [1.29, 1.82) is 0 Å². The highest BCUT2D eigenvalue weighted by Crippen LogP contribution is 2.10. The number of H-pyrrole nitrogens is 1. The molecule has 1 aromatic heterocycles. The SMILES string of the molecule is CC(C)c1n[nH]c(=S)n1N=CC=Cc1ccccc1. The molecule has 2 rings (SSSR count). The first-order valence-corrected chi connectivity index (χ1v) is 6.52. The average molecular weight is 272 g/mol. The van der Waals surface area contributed by atoms with Crippen LogP contribution in [0.15, 0.2) is 41.5 Å². The monoisotopic (exact) mass is 272 g/mol. The second-order valence-electron chi connectivity index (χ2n) is 4.39. The molecule has 1 aromatic carbocycles. The third-order valence-electron chi connectivity index (χ3n) is 2.55. The summed E-state index contributed by atoms with van der Waals surface area (Å²) in [6.07, 6.45) is 5.58. The second kappa shape index (κ2) is 6.24. The van der Waals surface area contributed by atoms with E-state index in [4.69, 9.17) is 12.2 Å². The van der Waals surface area contributed by atoms with Crippen LogP contribution in [0.1, 0.15) is 31.2 Å². The predicted molar refractivity (Wildman–Crippen MR) is 80.9 cm³/mol. The number of hydrogen-bond donors (Lipinski definition) is 1. The van der Waals surface area contributed by atoms with E-state index >= 15 is 0 Å². The van der Waals surface area contributed by atoms with Crippen LogP contribution < -0.4 is 0 Å². The molecule has 0 atom stereocenters. The summed E-state index contributed by atoms with van der Waals surface area (Å²) in [5.41, 5.74) is 1.13. The number of nitrogens with zero attached hydrogens (tertiary/aromatic N) is 3. The van der Waals surface area contributed by atoms with Crippen molar-refractivity contribution in [1.82, 2.24) is 14.9 Å². The smallest absolute Gasteiger partial charge is 0.216 e. The molecule has 19 heavy (non-hydrogen) atoms. The molecule has 0 amide bonds. The lowest BCUT2D eigenvalue weighted by Crippen LogP contribution is -2.00. The second-order valence-corrected chi connectivity index (χ2v) is 4.77. The first-order valence-electron chi connectivity index (χ1n) is 6.12. The molecular weight excluding hydrogens is 256 g/mol. The third kappa shape index (κ3) is 3.48. The fourth-order valence-electron chi connectivity index (χ4n) is 1.61. The Hall–Kier alpha value is -2.01. The molecule has 0 aliphatic heterocycles. The summed E-state index contributed by atoms with van der Waals surface area (Å²) in [4.78, 5) is 0. The van der Waals surface area contributed by atoms with Gasteiger partial charge in [0, 0.05) is 12.1 Å². The summed E-state index contributed by atoms with van der Waals surface area (Å²) >= 11 is 5.14. The maximum Gasteiger partial charge on any atom is 0.216 e. The van der Waals surface area contributed by atoms with Crippen LogP contribution in [0.3, 0.4) is 0 Å². The number of allylic oxidation sites excluding steroid dienone is 1. The van der Waals surface area contributed by atoms with Gasteiger partial charge in [0.05, 0.1) is 0 Å². The zero-order valence-electron chi connectivity index (χ0n) is 10.9. The number of nitrogens with one attached hydrogen (secondary N) is 1. The lowest BCUT2D eigenvalue weighted by molar-refractivity contribution is 0.696. The number of benzene rings is 1. The first-order chi connectivity index (χ1) is 9.18. The Morgan fingerprint density at radius 3 is 2.74 bits per heavy atom. The summed E-state index contributed by atoms with van der Waals surface area (Å²) in [6.45, 7) is 4.10. The highest BCUT2D eigenvalue weighted by atomic mass is 32.1. The van der Waals surface area contributed by atoms with E-state index in [2.05, 4.69) is 29.1 Å². The fourth-order valence-corrected chi connectivity index (χ4v) is 1.80. The Bertz CT molecular complexity index is 635. The van der Waals surface area contributed by atoms with Crippen molar-refractivity contribution >= 4 is 24.5 Å². The van der Waals surface area contributed by atoms with Crippen LogP contribution in [0.2, 0.25) is 0 Å². The number of hydrogen-bond acceptors (Lipinski definition) is 3. The van der Waals surface area contributed by atoms with Gasteiger partial charge in [-0.3, -0.25) is 5.10 Å². The van der Waals surface area contributed by atoms with E-state index in [1.807, 2.05) is 42.5 Å². The molecule has 0 aliphatic rings. The van der Waals surface area contributed by atoms with Gasteiger partial charge in [0.15, 0.2) is 5.82 Å². The van der Waals surface area contributed by atoms with E-state index in [-0.39, 0.29) is 5.92 Å². The van der Waals surface area contributed by atoms with Crippen LogP contribution in [0.25, 0.3) is 6.08 Å². The highest BCUT2D eigenvalue weighted by molar-refractivity contribution is 7.71. The van der Waals surface area contributed by atoms with Gasteiger partial charge < -0.3 is 0 Å². The Balaban J connectivity index is 2.14. The molecule has 0 radical (unpaired) electrons. The minimum Gasteiger partial charge on any atom is -0.250 e. The van der Waals surface area contributed by atoms with E-state index < -0.39 is 0 Å². The van der Waals surface area contributed by atoms with Crippen molar-refractivity contribution in [3.8, 4) is 0 Å². The molecular formula is C14H16N4S. The minimum atomic E-state index is 0.267. The zero-order chi connectivity index (χ0) is 13.7. The van der Waals surface area contributed by atoms with Gasteiger partial charge in [-0.15, -0.1) is 0 Å². The lowest BCUT2D eigenvalue weighted by Gasteiger charge is -2.01. The molecule has 2 aromatic rings. The maximum absolute atomic E-state index is 5.14. The Morgan fingerprint density at radius 1 is 1.32 bits per heavy atom.